The fourth-order valence-electron chi connectivity index (χ4n) is 2.87. The highest BCUT2D eigenvalue weighted by atomic mass is 32.2. The first kappa shape index (κ1) is 18.4. The monoisotopic (exact) mass is 417 g/mol. The number of nitrogens with zero attached hydrogens (tertiary/aromatic N) is 5. The topological polar surface area (TPSA) is 65.1 Å². The highest BCUT2D eigenvalue weighted by Crippen LogP contribution is 2.29. The van der Waals surface area contributed by atoms with Gasteiger partial charge in [-0.05, 0) is 19.4 Å². The number of thioether (sulfide) groups is 1. The molecule has 140 valence electrons. The Morgan fingerprint density at radius 1 is 1.19 bits per heavy atom. The molecule has 0 saturated heterocycles. The largest absolute Gasteiger partial charge is 0.302 e. The maximum Gasteiger partial charge on any atom is 0.258 e. The van der Waals surface area contributed by atoms with E-state index in [4.69, 9.17) is 0 Å². The summed E-state index contributed by atoms with van der Waals surface area (Å²) in [5.41, 5.74) is 1.85. The third kappa shape index (κ3) is 3.71. The quantitative estimate of drug-likeness (QED) is 0.419. The van der Waals surface area contributed by atoms with Crippen LogP contribution in [0.3, 0.4) is 0 Å². The summed E-state index contributed by atoms with van der Waals surface area (Å²) in [6.45, 7) is 5.08. The normalized spacial score (nSPS) is 11.5. The molecule has 4 heterocycles. The Morgan fingerprint density at radius 3 is 2.89 bits per heavy atom. The number of thiazole rings is 1. The molecule has 0 radical (unpaired) electrons. The molecular formula is C18H19N5OS3. The summed E-state index contributed by atoms with van der Waals surface area (Å²) in [5.74, 6) is 1.49. The lowest BCUT2D eigenvalue weighted by Crippen LogP contribution is -2.12. The second-order valence-electron chi connectivity index (χ2n) is 6.03. The van der Waals surface area contributed by atoms with E-state index in [0.29, 0.717) is 5.75 Å². The number of aromatic nitrogens is 5. The van der Waals surface area contributed by atoms with Crippen molar-refractivity contribution in [2.75, 3.05) is 0 Å². The van der Waals surface area contributed by atoms with E-state index in [1.165, 1.54) is 16.2 Å². The molecule has 4 aromatic heterocycles. The van der Waals surface area contributed by atoms with E-state index in [1.54, 1.807) is 39.8 Å². The highest BCUT2D eigenvalue weighted by Gasteiger charge is 2.15. The molecule has 0 aliphatic rings. The Hall–Kier alpha value is -1.97. The van der Waals surface area contributed by atoms with E-state index in [2.05, 4.69) is 45.0 Å². The maximum atomic E-state index is 12.1. The lowest BCUT2D eigenvalue weighted by molar-refractivity contribution is 0.687. The molecule has 0 unspecified atom stereocenters. The van der Waals surface area contributed by atoms with E-state index in [9.17, 15) is 4.79 Å². The van der Waals surface area contributed by atoms with Gasteiger partial charge in [0.05, 0.1) is 5.69 Å². The van der Waals surface area contributed by atoms with Crippen LogP contribution in [0.1, 0.15) is 30.8 Å². The Bertz CT molecular complexity index is 1120. The molecule has 0 aliphatic carbocycles. The van der Waals surface area contributed by atoms with Crippen LogP contribution in [-0.4, -0.2) is 24.1 Å². The summed E-state index contributed by atoms with van der Waals surface area (Å²) in [4.78, 5) is 18.8. The molecule has 0 aliphatic heterocycles. The Labute approximate surface area is 168 Å². The Kier molecular flexibility index (Phi) is 5.42. The molecule has 0 amide bonds. The molecule has 9 heteroatoms. The molecule has 4 aromatic rings. The Balaban J connectivity index is 1.56. The van der Waals surface area contributed by atoms with Crippen LogP contribution < -0.4 is 5.56 Å². The van der Waals surface area contributed by atoms with Gasteiger partial charge >= 0.3 is 0 Å². The number of hydrogen-bond acceptors (Lipinski definition) is 7. The molecule has 6 nitrogen and oxygen atoms in total. The van der Waals surface area contributed by atoms with E-state index in [0.717, 1.165) is 46.6 Å². The van der Waals surface area contributed by atoms with Crippen molar-refractivity contribution < 1.29 is 0 Å². The summed E-state index contributed by atoms with van der Waals surface area (Å²) in [5, 5.41) is 13.7. The third-order valence-corrected chi connectivity index (χ3v) is 6.90. The number of fused-ring (bicyclic) bond motifs is 1. The van der Waals surface area contributed by atoms with Crippen molar-refractivity contribution in [3.05, 3.63) is 50.0 Å². The van der Waals surface area contributed by atoms with Crippen LogP contribution in [0.25, 0.3) is 16.3 Å². The smallest absolute Gasteiger partial charge is 0.258 e. The van der Waals surface area contributed by atoms with E-state index < -0.39 is 0 Å². The van der Waals surface area contributed by atoms with Gasteiger partial charge in [-0.2, -0.15) is 0 Å². The van der Waals surface area contributed by atoms with Gasteiger partial charge in [0, 0.05) is 45.8 Å². The number of aryl methyl sites for hydroxylation is 1. The highest BCUT2D eigenvalue weighted by molar-refractivity contribution is 7.98. The zero-order valence-corrected chi connectivity index (χ0v) is 17.5. The zero-order chi connectivity index (χ0) is 18.8. The SMILES string of the molecule is CCCc1cc(-c2nnc(SCc3cc(=O)n4ccsc4n3)n2CC)cs1. The van der Waals surface area contributed by atoms with Crippen LogP contribution in [0.4, 0.5) is 0 Å². The van der Waals surface area contributed by atoms with Crippen molar-refractivity contribution in [2.24, 2.45) is 0 Å². The predicted molar refractivity (Wildman–Crippen MR) is 112 cm³/mol. The van der Waals surface area contributed by atoms with Crippen LogP contribution >= 0.6 is 34.4 Å². The van der Waals surface area contributed by atoms with Gasteiger partial charge in [-0.3, -0.25) is 9.20 Å². The second kappa shape index (κ2) is 7.95. The molecule has 4 rings (SSSR count). The second-order valence-corrected chi connectivity index (χ2v) is 8.84. The van der Waals surface area contributed by atoms with Crippen molar-refractivity contribution in [1.82, 2.24) is 24.1 Å². The number of hydrogen-bond donors (Lipinski definition) is 0. The molecule has 0 fully saturated rings. The Morgan fingerprint density at radius 2 is 2.07 bits per heavy atom. The summed E-state index contributed by atoms with van der Waals surface area (Å²) in [6, 6.07) is 3.81. The van der Waals surface area contributed by atoms with Crippen LogP contribution in [-0.2, 0) is 18.7 Å². The van der Waals surface area contributed by atoms with Crippen molar-refractivity contribution in [3.8, 4) is 11.4 Å². The summed E-state index contributed by atoms with van der Waals surface area (Å²) in [6.07, 6.45) is 3.99. The average molecular weight is 418 g/mol. The fraction of sp³-hybridized carbons (Fsp3) is 0.333. The number of thiophene rings is 1. The van der Waals surface area contributed by atoms with Gasteiger partial charge in [-0.25, -0.2) is 4.98 Å². The number of rotatable bonds is 7. The van der Waals surface area contributed by atoms with Gasteiger partial charge in [0.1, 0.15) is 0 Å². The molecule has 0 spiro atoms. The van der Waals surface area contributed by atoms with Crippen LogP contribution in [0.2, 0.25) is 0 Å². The molecule has 0 saturated carbocycles. The van der Waals surface area contributed by atoms with Gasteiger partial charge in [-0.15, -0.1) is 32.9 Å². The van der Waals surface area contributed by atoms with Gasteiger partial charge < -0.3 is 4.57 Å². The summed E-state index contributed by atoms with van der Waals surface area (Å²) < 4.78 is 3.69. The van der Waals surface area contributed by atoms with E-state index in [-0.39, 0.29) is 5.56 Å². The molecular weight excluding hydrogens is 398 g/mol. The molecule has 0 atom stereocenters. The summed E-state index contributed by atoms with van der Waals surface area (Å²) >= 11 is 4.80. The van der Waals surface area contributed by atoms with Gasteiger partial charge in [-0.1, -0.05) is 25.1 Å². The maximum absolute atomic E-state index is 12.1. The summed E-state index contributed by atoms with van der Waals surface area (Å²) in [7, 11) is 0. The van der Waals surface area contributed by atoms with Crippen LogP contribution in [0.5, 0.6) is 0 Å². The molecule has 27 heavy (non-hydrogen) atoms. The fourth-order valence-corrected chi connectivity index (χ4v) is 5.47. The third-order valence-electron chi connectivity index (χ3n) is 4.15. The van der Waals surface area contributed by atoms with Gasteiger partial charge in [0.2, 0.25) is 0 Å². The van der Waals surface area contributed by atoms with Crippen molar-refractivity contribution >= 4 is 39.4 Å². The minimum Gasteiger partial charge on any atom is -0.302 e. The minimum absolute atomic E-state index is 0.0452. The average Bonchev–Trinajstić information content (AvgIpc) is 3.39. The first-order valence-electron chi connectivity index (χ1n) is 8.79. The standard InChI is InChI=1S/C18H19N5OS3/c1-3-5-14-8-12(10-26-14)16-20-21-18(22(16)4-2)27-11-13-9-15(24)23-6-7-25-17(23)19-13/h6-10H,3-5,11H2,1-2H3. The molecule has 0 N–H and O–H groups in total. The van der Waals surface area contributed by atoms with Crippen molar-refractivity contribution in [3.63, 3.8) is 0 Å². The van der Waals surface area contributed by atoms with Crippen molar-refractivity contribution in [2.45, 2.75) is 44.1 Å². The van der Waals surface area contributed by atoms with Gasteiger partial charge in [0.15, 0.2) is 15.9 Å². The van der Waals surface area contributed by atoms with Crippen LogP contribution in [0, 0.1) is 0 Å². The van der Waals surface area contributed by atoms with E-state index >= 15 is 0 Å². The van der Waals surface area contributed by atoms with Crippen molar-refractivity contribution in [1.29, 1.82) is 0 Å². The molecule has 0 bridgehead atoms. The zero-order valence-electron chi connectivity index (χ0n) is 15.1. The first-order valence-corrected chi connectivity index (χ1v) is 11.5. The predicted octanol–water partition coefficient (Wildman–Crippen LogP) is 4.34. The lowest BCUT2D eigenvalue weighted by atomic mass is 10.2. The first-order chi connectivity index (χ1) is 13.2. The minimum atomic E-state index is -0.0452. The van der Waals surface area contributed by atoms with Gasteiger partial charge in [0.25, 0.3) is 5.56 Å². The molecule has 0 aromatic carbocycles. The van der Waals surface area contributed by atoms with Crippen LogP contribution in [0.15, 0.2) is 39.0 Å². The van der Waals surface area contributed by atoms with E-state index in [1.807, 2.05) is 5.38 Å². The lowest BCUT2D eigenvalue weighted by Gasteiger charge is -2.06.